The third-order valence-electron chi connectivity index (χ3n) is 3.72. The van der Waals surface area contributed by atoms with Crippen molar-refractivity contribution in [3.63, 3.8) is 0 Å². The number of nitrogens with zero attached hydrogens (tertiary/aromatic N) is 1. The summed E-state index contributed by atoms with van der Waals surface area (Å²) in [6.45, 7) is 1.87. The van der Waals surface area contributed by atoms with Crippen molar-refractivity contribution in [1.82, 2.24) is 9.88 Å². The van der Waals surface area contributed by atoms with Gasteiger partial charge >= 0.3 is 0 Å². The van der Waals surface area contributed by atoms with Crippen LogP contribution in [0.2, 0.25) is 0 Å². The van der Waals surface area contributed by atoms with E-state index in [1.54, 1.807) is 12.1 Å². The van der Waals surface area contributed by atoms with Crippen LogP contribution in [0.25, 0.3) is 10.8 Å². The van der Waals surface area contributed by atoms with Gasteiger partial charge in [-0.3, -0.25) is 0 Å². The average molecular weight is 298 g/mol. The van der Waals surface area contributed by atoms with Gasteiger partial charge in [0.1, 0.15) is 6.61 Å². The van der Waals surface area contributed by atoms with Gasteiger partial charge in [-0.05, 0) is 23.6 Å². The Labute approximate surface area is 129 Å². The highest BCUT2D eigenvalue weighted by atomic mass is 19.1. The van der Waals surface area contributed by atoms with Gasteiger partial charge in [0.25, 0.3) is 0 Å². The first-order chi connectivity index (χ1) is 10.8. The van der Waals surface area contributed by atoms with Crippen molar-refractivity contribution in [1.29, 1.82) is 0 Å². The maximum Gasteiger partial charge on any atom is 0.172 e. The number of rotatable bonds is 6. The van der Waals surface area contributed by atoms with Crippen molar-refractivity contribution in [3.05, 3.63) is 66.2 Å². The summed E-state index contributed by atoms with van der Waals surface area (Å²) in [6.07, 6.45) is 2.01. The molecule has 0 radical (unpaired) electrons. The van der Waals surface area contributed by atoms with Crippen molar-refractivity contribution < 1.29 is 9.13 Å². The van der Waals surface area contributed by atoms with Crippen molar-refractivity contribution in [3.8, 4) is 5.75 Å². The number of nitrogens with one attached hydrogen (secondary N) is 1. The molecular weight excluding hydrogens is 279 g/mol. The number of ether oxygens (including phenoxy) is 1. The largest absolute Gasteiger partial charge is 0.489 e. The van der Waals surface area contributed by atoms with Crippen LogP contribution in [0.4, 0.5) is 4.39 Å². The SMILES string of the molecule is Cn1cccc1CNCCOc1ccc2ccccc2c1F. The highest BCUT2D eigenvalue weighted by Gasteiger charge is 2.07. The number of aromatic nitrogens is 1. The number of halogens is 1. The first kappa shape index (κ1) is 14.6. The Balaban J connectivity index is 1.53. The summed E-state index contributed by atoms with van der Waals surface area (Å²) in [5, 5.41) is 4.76. The van der Waals surface area contributed by atoms with E-state index in [9.17, 15) is 4.39 Å². The van der Waals surface area contributed by atoms with Crippen LogP contribution in [0.5, 0.6) is 5.75 Å². The van der Waals surface area contributed by atoms with E-state index in [0.717, 1.165) is 11.9 Å². The molecule has 0 atom stereocenters. The lowest BCUT2D eigenvalue weighted by atomic mass is 10.1. The van der Waals surface area contributed by atoms with Crippen molar-refractivity contribution in [2.24, 2.45) is 7.05 Å². The van der Waals surface area contributed by atoms with Gasteiger partial charge in [-0.15, -0.1) is 0 Å². The molecule has 3 nitrogen and oxygen atoms in total. The van der Waals surface area contributed by atoms with Crippen molar-refractivity contribution >= 4 is 10.8 Å². The van der Waals surface area contributed by atoms with Crippen LogP contribution in [0, 0.1) is 5.82 Å². The molecule has 114 valence electrons. The quantitative estimate of drug-likeness (QED) is 0.705. The fourth-order valence-electron chi connectivity index (χ4n) is 2.45. The molecular formula is C18H19FN2O. The topological polar surface area (TPSA) is 26.2 Å². The third kappa shape index (κ3) is 3.12. The van der Waals surface area contributed by atoms with Crippen LogP contribution in [0.3, 0.4) is 0 Å². The van der Waals surface area contributed by atoms with Crippen LogP contribution in [0.1, 0.15) is 5.69 Å². The Morgan fingerprint density at radius 2 is 1.95 bits per heavy atom. The zero-order valence-corrected chi connectivity index (χ0v) is 12.6. The number of fused-ring (bicyclic) bond motifs is 1. The standard InChI is InChI=1S/C18H19FN2O/c1-21-11-4-6-15(21)13-20-10-12-22-17-9-8-14-5-2-3-7-16(14)18(17)19/h2-9,11,20H,10,12-13H2,1H3. The van der Waals surface area contributed by atoms with Gasteiger partial charge < -0.3 is 14.6 Å². The summed E-state index contributed by atoms with van der Waals surface area (Å²) in [7, 11) is 2.01. The number of aryl methyl sites for hydroxylation is 1. The fraction of sp³-hybridized carbons (Fsp3) is 0.222. The molecule has 22 heavy (non-hydrogen) atoms. The zero-order chi connectivity index (χ0) is 15.4. The molecule has 0 saturated heterocycles. The number of hydrogen-bond acceptors (Lipinski definition) is 2. The molecule has 0 aliphatic carbocycles. The molecule has 0 saturated carbocycles. The predicted molar refractivity (Wildman–Crippen MR) is 86.5 cm³/mol. The molecule has 3 aromatic rings. The second kappa shape index (κ2) is 6.62. The van der Waals surface area contributed by atoms with Gasteiger partial charge in [0.2, 0.25) is 0 Å². The van der Waals surface area contributed by atoms with Gasteiger partial charge in [0, 0.05) is 37.4 Å². The van der Waals surface area contributed by atoms with E-state index < -0.39 is 0 Å². The third-order valence-corrected chi connectivity index (χ3v) is 3.72. The molecule has 0 unspecified atom stereocenters. The van der Waals surface area contributed by atoms with Crippen LogP contribution in [-0.4, -0.2) is 17.7 Å². The molecule has 3 rings (SSSR count). The van der Waals surface area contributed by atoms with Crippen molar-refractivity contribution in [2.75, 3.05) is 13.2 Å². The Morgan fingerprint density at radius 3 is 2.77 bits per heavy atom. The molecule has 1 N–H and O–H groups in total. The minimum absolute atomic E-state index is 0.291. The Hall–Kier alpha value is -2.33. The lowest BCUT2D eigenvalue weighted by molar-refractivity contribution is 0.299. The molecule has 0 fully saturated rings. The maximum absolute atomic E-state index is 14.3. The predicted octanol–water partition coefficient (Wildman–Crippen LogP) is 3.49. The van der Waals surface area contributed by atoms with E-state index in [0.29, 0.717) is 24.3 Å². The normalized spacial score (nSPS) is 11.0. The second-order valence-electron chi connectivity index (χ2n) is 5.23. The summed E-state index contributed by atoms with van der Waals surface area (Å²) < 4.78 is 21.9. The Kier molecular flexibility index (Phi) is 4.39. The van der Waals surface area contributed by atoms with E-state index >= 15 is 0 Å². The summed E-state index contributed by atoms with van der Waals surface area (Å²) in [4.78, 5) is 0. The second-order valence-corrected chi connectivity index (χ2v) is 5.23. The monoisotopic (exact) mass is 298 g/mol. The highest BCUT2D eigenvalue weighted by molar-refractivity contribution is 5.84. The van der Waals surface area contributed by atoms with Gasteiger partial charge in [-0.1, -0.05) is 30.3 Å². The first-order valence-corrected chi connectivity index (χ1v) is 7.36. The van der Waals surface area contributed by atoms with E-state index in [4.69, 9.17) is 4.74 Å². The van der Waals surface area contributed by atoms with E-state index in [1.165, 1.54) is 5.69 Å². The smallest absolute Gasteiger partial charge is 0.172 e. The molecule has 0 aliphatic rings. The molecule has 2 aromatic carbocycles. The number of benzene rings is 2. The van der Waals surface area contributed by atoms with Crippen LogP contribution < -0.4 is 10.1 Å². The van der Waals surface area contributed by atoms with Gasteiger partial charge in [-0.2, -0.15) is 0 Å². The average Bonchev–Trinajstić information content (AvgIpc) is 2.94. The van der Waals surface area contributed by atoms with E-state index in [1.807, 2.05) is 43.6 Å². The minimum Gasteiger partial charge on any atom is -0.489 e. The molecule has 4 heteroatoms. The lowest BCUT2D eigenvalue weighted by Gasteiger charge is -2.10. The molecule has 1 heterocycles. The lowest BCUT2D eigenvalue weighted by Crippen LogP contribution is -2.21. The molecule has 0 amide bonds. The van der Waals surface area contributed by atoms with E-state index in [-0.39, 0.29) is 5.82 Å². The highest BCUT2D eigenvalue weighted by Crippen LogP contribution is 2.25. The molecule has 0 aliphatic heterocycles. The molecule has 0 bridgehead atoms. The summed E-state index contributed by atoms with van der Waals surface area (Å²) in [5.74, 6) is 0.0138. The fourth-order valence-corrected chi connectivity index (χ4v) is 2.45. The van der Waals surface area contributed by atoms with Gasteiger partial charge in [0.15, 0.2) is 11.6 Å². The van der Waals surface area contributed by atoms with Crippen LogP contribution in [0.15, 0.2) is 54.7 Å². The van der Waals surface area contributed by atoms with E-state index in [2.05, 4.69) is 16.0 Å². The van der Waals surface area contributed by atoms with Crippen LogP contribution >= 0.6 is 0 Å². The molecule has 1 aromatic heterocycles. The molecule has 0 spiro atoms. The van der Waals surface area contributed by atoms with Gasteiger partial charge in [-0.25, -0.2) is 4.39 Å². The summed E-state index contributed by atoms with van der Waals surface area (Å²) in [6, 6.07) is 15.0. The Morgan fingerprint density at radius 1 is 1.09 bits per heavy atom. The van der Waals surface area contributed by atoms with Crippen LogP contribution in [-0.2, 0) is 13.6 Å². The minimum atomic E-state index is -0.291. The van der Waals surface area contributed by atoms with Gasteiger partial charge in [0.05, 0.1) is 0 Å². The number of hydrogen-bond donors (Lipinski definition) is 1. The Bertz CT molecular complexity index is 767. The zero-order valence-electron chi connectivity index (χ0n) is 12.6. The summed E-state index contributed by atoms with van der Waals surface area (Å²) >= 11 is 0. The first-order valence-electron chi connectivity index (χ1n) is 7.36. The maximum atomic E-state index is 14.3. The van der Waals surface area contributed by atoms with Crippen molar-refractivity contribution in [2.45, 2.75) is 6.54 Å². The summed E-state index contributed by atoms with van der Waals surface area (Å²) in [5.41, 5.74) is 1.21.